The van der Waals surface area contributed by atoms with Gasteiger partial charge in [0.05, 0.1) is 40.0 Å². The SMILES string of the molecule is Cc1ncsc1-c1ccc(CNC(=O)[C@@H]2C[C@@H](O)CN2C(=O)[C@@H](CC(=O)CNC(=O)CCc2cccc(-c3ccc4nc(-c5cccnc5N)n(-c5ccc(C6(N)CCC6)cc5)c4n3)c2)C(C)(C)C)cc1. The van der Waals surface area contributed by atoms with Crippen molar-refractivity contribution in [3.05, 3.63) is 131 Å². The van der Waals surface area contributed by atoms with Crippen LogP contribution < -0.4 is 22.1 Å². The quantitative estimate of drug-likeness (QED) is 0.0640. The lowest BCUT2D eigenvalue weighted by atomic mass is 9.73. The van der Waals surface area contributed by atoms with Gasteiger partial charge in [-0.15, -0.1) is 11.3 Å². The third-order valence-electron chi connectivity index (χ3n) is 13.9. The molecule has 1 aliphatic carbocycles. The van der Waals surface area contributed by atoms with Gasteiger partial charge in [-0.1, -0.05) is 75.4 Å². The minimum atomic E-state index is -0.888. The van der Waals surface area contributed by atoms with Crippen LogP contribution in [0.2, 0.25) is 0 Å². The molecule has 366 valence electrons. The fourth-order valence-corrected chi connectivity index (χ4v) is 10.4. The van der Waals surface area contributed by atoms with Crippen molar-refractivity contribution in [3.63, 3.8) is 0 Å². The van der Waals surface area contributed by atoms with Crippen LogP contribution in [0.4, 0.5) is 5.82 Å². The molecule has 1 saturated heterocycles. The van der Waals surface area contributed by atoms with Crippen LogP contribution in [-0.4, -0.2) is 83.2 Å². The van der Waals surface area contributed by atoms with E-state index in [0.717, 1.165) is 69.0 Å². The molecule has 0 radical (unpaired) electrons. The number of hydrogen-bond acceptors (Lipinski definition) is 12. The maximum Gasteiger partial charge on any atom is 0.243 e. The lowest BCUT2D eigenvalue weighted by Crippen LogP contribution is -2.50. The molecule has 7 aromatic rings. The van der Waals surface area contributed by atoms with Gasteiger partial charge in [-0.2, -0.15) is 0 Å². The number of fused-ring (bicyclic) bond motifs is 1. The van der Waals surface area contributed by atoms with Crippen molar-refractivity contribution in [2.75, 3.05) is 18.8 Å². The number of β-amino-alcohol motifs (C(OH)–C–C–N with tert-alkyl or cyclic N) is 1. The summed E-state index contributed by atoms with van der Waals surface area (Å²) in [5.74, 6) is -1.17. The Kier molecular flexibility index (Phi) is 14.0. The second-order valence-electron chi connectivity index (χ2n) is 20.0. The molecule has 2 aliphatic rings. The number of amides is 3. The maximum atomic E-state index is 14.2. The Bertz CT molecular complexity index is 3100. The number of pyridine rings is 2. The van der Waals surface area contributed by atoms with Crippen LogP contribution in [0.3, 0.4) is 0 Å². The first-order valence-corrected chi connectivity index (χ1v) is 25.1. The van der Waals surface area contributed by atoms with Crippen molar-refractivity contribution < 1.29 is 24.3 Å². The summed E-state index contributed by atoms with van der Waals surface area (Å²) in [6.45, 7) is 7.58. The predicted molar refractivity (Wildman–Crippen MR) is 276 cm³/mol. The number of hydrogen-bond donors (Lipinski definition) is 5. The smallest absolute Gasteiger partial charge is 0.243 e. The van der Waals surface area contributed by atoms with Crippen LogP contribution in [0, 0.1) is 18.3 Å². The third kappa shape index (κ3) is 10.6. The lowest BCUT2D eigenvalue weighted by molar-refractivity contribution is -0.146. The first-order chi connectivity index (χ1) is 34.0. The Morgan fingerprint density at radius 1 is 0.901 bits per heavy atom. The molecule has 3 atom stereocenters. The molecule has 0 spiro atoms. The Hall–Kier alpha value is -7.14. The number of nitrogen functional groups attached to an aromatic ring is 1. The number of Topliss-reactive ketones (excluding diaryl/α,β-unsaturated/α-hetero) is 1. The molecule has 71 heavy (non-hydrogen) atoms. The van der Waals surface area contributed by atoms with Gasteiger partial charge in [0, 0.05) is 61.3 Å². The predicted octanol–water partition coefficient (Wildman–Crippen LogP) is 7.45. The summed E-state index contributed by atoms with van der Waals surface area (Å²) in [6.07, 6.45) is 4.30. The Labute approximate surface area is 417 Å². The number of ketones is 1. The molecule has 15 nitrogen and oxygen atoms in total. The number of aliphatic hydroxyl groups excluding tert-OH is 1. The van der Waals surface area contributed by atoms with Crippen LogP contribution in [0.5, 0.6) is 0 Å². The normalized spacial score (nSPS) is 16.9. The monoisotopic (exact) mass is 972 g/mol. The molecule has 7 N–H and O–H groups in total. The van der Waals surface area contributed by atoms with E-state index < -0.39 is 23.5 Å². The average Bonchev–Trinajstić information content (AvgIpc) is 4.08. The molecular weight excluding hydrogens is 913 g/mol. The Morgan fingerprint density at radius 3 is 2.37 bits per heavy atom. The lowest BCUT2D eigenvalue weighted by Gasteiger charge is -2.38. The topological polar surface area (TPSA) is 224 Å². The van der Waals surface area contributed by atoms with Gasteiger partial charge in [0.15, 0.2) is 17.3 Å². The highest BCUT2D eigenvalue weighted by molar-refractivity contribution is 7.13. The minimum Gasteiger partial charge on any atom is -0.391 e. The standard InChI is InChI=1S/C55H60N10O5S/c1-33-48(71-32-61-33)36-14-11-35(12-15-36)29-60-52(69)46-28-41(67)31-64(46)53(70)43(54(2,3)4)27-40(66)30-59-47(68)22-13-34-8-5-9-37(26-34)44-20-21-45-51(62-44)65(50(63-45)42-10-6-25-58-49(42)56)39-18-16-38(17-19-39)55(57)23-7-24-55/h5-6,8-12,14-21,25-26,32,41,43,46,67H,7,13,22-24,27-31,57H2,1-4H3,(H2,56,58)(H,59,68)(H,60,69)/t41-,43-,46+/m1/s1. The largest absolute Gasteiger partial charge is 0.391 e. The second-order valence-corrected chi connectivity index (χ2v) is 20.9. The van der Waals surface area contributed by atoms with Crippen molar-refractivity contribution >= 4 is 51.8 Å². The van der Waals surface area contributed by atoms with Crippen LogP contribution in [-0.2, 0) is 37.7 Å². The number of carbonyl (C=O) groups is 4. The van der Waals surface area contributed by atoms with E-state index in [4.69, 9.17) is 21.4 Å². The van der Waals surface area contributed by atoms with E-state index in [-0.39, 0.29) is 67.9 Å². The zero-order valence-corrected chi connectivity index (χ0v) is 41.3. The van der Waals surface area contributed by atoms with E-state index in [1.807, 2.05) is 123 Å². The highest BCUT2D eigenvalue weighted by atomic mass is 32.1. The first kappa shape index (κ1) is 48.9. The van der Waals surface area contributed by atoms with Crippen LogP contribution >= 0.6 is 11.3 Å². The van der Waals surface area contributed by atoms with Gasteiger partial charge in [-0.25, -0.2) is 19.9 Å². The van der Waals surface area contributed by atoms with Gasteiger partial charge < -0.3 is 32.1 Å². The molecule has 3 amide bonds. The summed E-state index contributed by atoms with van der Waals surface area (Å²) in [5, 5.41) is 16.4. The summed E-state index contributed by atoms with van der Waals surface area (Å²) < 4.78 is 2.00. The molecule has 0 unspecified atom stereocenters. The molecule has 9 rings (SSSR count). The molecular formula is C55H60N10O5S. The number of nitrogens with two attached hydrogens (primary N) is 2. The number of aryl methyl sites for hydroxylation is 2. The molecule has 5 heterocycles. The number of nitrogens with zero attached hydrogens (tertiary/aromatic N) is 6. The summed E-state index contributed by atoms with van der Waals surface area (Å²) >= 11 is 1.57. The van der Waals surface area contributed by atoms with Crippen LogP contribution in [0.25, 0.3) is 49.9 Å². The summed E-state index contributed by atoms with van der Waals surface area (Å²) in [5.41, 5.74) is 23.3. The number of carbonyl (C=O) groups excluding carboxylic acids is 4. The van der Waals surface area contributed by atoms with Gasteiger partial charge in [0.2, 0.25) is 17.7 Å². The minimum absolute atomic E-state index is 0.0128. The van der Waals surface area contributed by atoms with Crippen molar-refractivity contribution in [1.29, 1.82) is 0 Å². The first-order valence-electron chi connectivity index (χ1n) is 24.2. The number of anilines is 1. The molecule has 1 saturated carbocycles. The number of aromatic nitrogens is 5. The van der Waals surface area contributed by atoms with Crippen molar-refractivity contribution in [1.82, 2.24) is 40.0 Å². The van der Waals surface area contributed by atoms with Gasteiger partial charge >= 0.3 is 0 Å². The molecule has 1 aliphatic heterocycles. The molecule has 4 aromatic heterocycles. The zero-order valence-electron chi connectivity index (χ0n) is 40.5. The number of likely N-dealkylation sites (tertiary alicyclic amines) is 1. The summed E-state index contributed by atoms with van der Waals surface area (Å²) in [6, 6.07) is 30.7. The van der Waals surface area contributed by atoms with Crippen LogP contribution in [0.15, 0.2) is 109 Å². The van der Waals surface area contributed by atoms with E-state index in [2.05, 4.69) is 32.7 Å². The molecule has 2 fully saturated rings. The van der Waals surface area contributed by atoms with E-state index in [1.165, 1.54) is 4.90 Å². The van der Waals surface area contributed by atoms with Gasteiger partial charge in [-0.3, -0.25) is 23.7 Å². The van der Waals surface area contributed by atoms with Crippen molar-refractivity contribution in [3.8, 4) is 38.8 Å². The fraction of sp³-hybridized carbons (Fsp3) is 0.345. The number of rotatable bonds is 16. The highest BCUT2D eigenvalue weighted by Gasteiger charge is 2.44. The average molecular weight is 973 g/mol. The number of thiazole rings is 1. The third-order valence-corrected chi connectivity index (χ3v) is 14.9. The number of benzene rings is 3. The van der Waals surface area contributed by atoms with E-state index >= 15 is 0 Å². The number of imidazole rings is 1. The molecule has 16 heteroatoms. The van der Waals surface area contributed by atoms with Gasteiger partial charge in [0.25, 0.3) is 0 Å². The van der Waals surface area contributed by atoms with E-state index in [0.29, 0.717) is 34.8 Å². The molecule has 0 bridgehead atoms. The highest BCUT2D eigenvalue weighted by Crippen LogP contribution is 2.40. The fourth-order valence-electron chi connectivity index (χ4n) is 9.60. The van der Waals surface area contributed by atoms with E-state index in [1.54, 1.807) is 17.5 Å². The zero-order chi connectivity index (χ0) is 50.0. The van der Waals surface area contributed by atoms with E-state index in [9.17, 15) is 24.3 Å². The van der Waals surface area contributed by atoms with Crippen molar-refractivity contribution in [2.24, 2.45) is 17.1 Å². The summed E-state index contributed by atoms with van der Waals surface area (Å²) in [4.78, 5) is 75.7. The van der Waals surface area contributed by atoms with Gasteiger partial charge in [-0.05, 0) is 103 Å². The maximum absolute atomic E-state index is 14.2. The van der Waals surface area contributed by atoms with Gasteiger partial charge in [0.1, 0.15) is 17.4 Å². The van der Waals surface area contributed by atoms with Crippen LogP contribution in [0.1, 0.15) is 81.7 Å². The summed E-state index contributed by atoms with van der Waals surface area (Å²) in [7, 11) is 0. The number of aliphatic hydroxyl groups is 1. The second kappa shape index (κ2) is 20.3. The Morgan fingerprint density at radius 2 is 1.68 bits per heavy atom. The Balaban J connectivity index is 0.819. The van der Waals surface area contributed by atoms with Crippen molar-refractivity contribution in [2.45, 2.75) is 96.9 Å². The number of nitrogens with one attached hydrogen (secondary N) is 2. The molecule has 3 aromatic carbocycles.